The molecule has 2 rings (SSSR count). The minimum absolute atomic E-state index is 0.0759. The van der Waals surface area contributed by atoms with Crippen LogP contribution in [0.15, 0.2) is 60.7 Å². The fraction of sp³-hybridized carbons (Fsp3) is 0.543. The smallest absolute Gasteiger partial charge is 0.408 e. The molecule has 0 unspecified atom stereocenters. The maximum absolute atomic E-state index is 12.7. The van der Waals surface area contributed by atoms with Crippen molar-refractivity contribution in [3.63, 3.8) is 0 Å². The van der Waals surface area contributed by atoms with Gasteiger partial charge >= 0.3 is 12.2 Å². The lowest BCUT2D eigenvalue weighted by atomic mass is 10.0. The molecule has 2 aromatic carbocycles. The van der Waals surface area contributed by atoms with Crippen molar-refractivity contribution in [3.8, 4) is 0 Å². The molecule has 0 radical (unpaired) electrons. The first-order valence-electron chi connectivity index (χ1n) is 16.2. The number of unbranched alkanes of at least 4 members (excludes halogenated alkanes) is 6. The summed E-state index contributed by atoms with van der Waals surface area (Å²) in [7, 11) is 0. The fourth-order valence-corrected chi connectivity index (χ4v) is 4.63. The summed E-state index contributed by atoms with van der Waals surface area (Å²) in [5.41, 5.74) is 1.77. The number of carbonyl (C=O) groups excluding carboxylic acids is 4. The summed E-state index contributed by atoms with van der Waals surface area (Å²) in [5.74, 6) is -0.564. The van der Waals surface area contributed by atoms with Gasteiger partial charge in [-0.1, -0.05) is 120 Å². The van der Waals surface area contributed by atoms with Crippen LogP contribution in [0, 0.1) is 11.8 Å². The zero-order chi connectivity index (χ0) is 32.9. The van der Waals surface area contributed by atoms with Gasteiger partial charge in [0.15, 0.2) is 0 Å². The molecule has 0 heterocycles. The number of hydrogen-bond donors (Lipinski definition) is 4. The lowest BCUT2D eigenvalue weighted by Gasteiger charge is -2.21. The van der Waals surface area contributed by atoms with Crippen molar-refractivity contribution < 1.29 is 28.7 Å². The standard InChI is InChI=1S/C35H52N4O6/c1-26(2)30(38-34(42)44-24-28-18-12-10-13-19-28)32(40)36-22-16-8-6-5-7-9-17-23-37-33(41)31(27(3)4)39-35(43)45-25-29-20-14-11-15-21-29/h10-15,18-21,26-27,30-31H,5-9,16-17,22-25H2,1-4H3,(H,36,40)(H,37,41)(H,38,42)(H,39,43)/t30-,31-/m0/s1. The minimum Gasteiger partial charge on any atom is -0.445 e. The number of rotatable bonds is 20. The average molecular weight is 625 g/mol. The molecule has 4 N–H and O–H groups in total. The Bertz CT molecular complexity index is 1050. The Kier molecular flexibility index (Phi) is 17.8. The lowest BCUT2D eigenvalue weighted by molar-refractivity contribution is -0.124. The Morgan fingerprint density at radius 1 is 0.533 bits per heavy atom. The second kappa shape index (κ2) is 21.6. The molecule has 0 aliphatic heterocycles. The van der Waals surface area contributed by atoms with Crippen molar-refractivity contribution in [2.24, 2.45) is 11.8 Å². The van der Waals surface area contributed by atoms with Crippen LogP contribution in [-0.2, 0) is 32.3 Å². The second-order valence-electron chi connectivity index (χ2n) is 11.9. The first kappa shape index (κ1) is 37.1. The van der Waals surface area contributed by atoms with Gasteiger partial charge in [-0.05, 0) is 35.8 Å². The van der Waals surface area contributed by atoms with Crippen molar-refractivity contribution in [1.29, 1.82) is 0 Å². The Hall–Kier alpha value is -4.08. The van der Waals surface area contributed by atoms with Crippen molar-refractivity contribution in [2.75, 3.05) is 13.1 Å². The number of amides is 4. The molecule has 0 aliphatic rings. The highest BCUT2D eigenvalue weighted by Gasteiger charge is 2.25. The normalized spacial score (nSPS) is 12.2. The minimum atomic E-state index is -0.658. The van der Waals surface area contributed by atoms with Crippen molar-refractivity contribution in [1.82, 2.24) is 21.3 Å². The molecule has 0 fully saturated rings. The largest absolute Gasteiger partial charge is 0.445 e. The maximum atomic E-state index is 12.7. The van der Waals surface area contributed by atoms with Crippen LogP contribution >= 0.6 is 0 Å². The molecule has 0 aromatic heterocycles. The monoisotopic (exact) mass is 624 g/mol. The van der Waals surface area contributed by atoms with E-state index in [4.69, 9.17) is 9.47 Å². The van der Waals surface area contributed by atoms with Crippen molar-refractivity contribution >= 4 is 24.0 Å². The molecule has 10 heteroatoms. The molecule has 0 bridgehead atoms. The van der Waals surface area contributed by atoms with Gasteiger partial charge in [-0.15, -0.1) is 0 Å². The Balaban J connectivity index is 1.51. The van der Waals surface area contributed by atoms with Gasteiger partial charge in [0.25, 0.3) is 0 Å². The molecule has 248 valence electrons. The van der Waals surface area contributed by atoms with E-state index in [0.717, 1.165) is 56.1 Å². The van der Waals surface area contributed by atoms with E-state index in [1.807, 2.05) is 88.4 Å². The van der Waals surface area contributed by atoms with Crippen LogP contribution in [0.1, 0.15) is 83.8 Å². The molecule has 2 atom stereocenters. The Morgan fingerprint density at radius 2 is 0.867 bits per heavy atom. The van der Waals surface area contributed by atoms with Crippen LogP contribution < -0.4 is 21.3 Å². The zero-order valence-electron chi connectivity index (χ0n) is 27.3. The van der Waals surface area contributed by atoms with Crippen LogP contribution in [0.4, 0.5) is 9.59 Å². The van der Waals surface area contributed by atoms with Gasteiger partial charge in [-0.25, -0.2) is 9.59 Å². The molecule has 0 saturated heterocycles. The number of ether oxygens (including phenoxy) is 2. The third-order valence-electron chi connectivity index (χ3n) is 7.32. The van der Waals surface area contributed by atoms with Gasteiger partial charge < -0.3 is 30.7 Å². The summed E-state index contributed by atoms with van der Waals surface area (Å²) in [6, 6.07) is 17.5. The predicted molar refractivity (Wildman–Crippen MR) is 175 cm³/mol. The molecule has 4 amide bonds. The zero-order valence-corrected chi connectivity index (χ0v) is 27.3. The van der Waals surface area contributed by atoms with E-state index in [9.17, 15) is 19.2 Å². The summed E-state index contributed by atoms with van der Waals surface area (Å²) < 4.78 is 10.5. The molecule has 10 nitrogen and oxygen atoms in total. The molecular weight excluding hydrogens is 572 g/mol. The SMILES string of the molecule is CC(C)[C@H](NC(=O)OCc1ccccc1)C(=O)NCCCCCCCCCNC(=O)[C@@H](NC(=O)OCc1ccccc1)C(C)C. The van der Waals surface area contributed by atoms with E-state index in [-0.39, 0.29) is 36.9 Å². The molecular formula is C35H52N4O6. The van der Waals surface area contributed by atoms with E-state index >= 15 is 0 Å². The van der Waals surface area contributed by atoms with Crippen molar-refractivity contribution in [2.45, 2.75) is 97.9 Å². The molecule has 0 saturated carbocycles. The fourth-order valence-electron chi connectivity index (χ4n) is 4.63. The molecule has 45 heavy (non-hydrogen) atoms. The highest BCUT2D eigenvalue weighted by Crippen LogP contribution is 2.09. The van der Waals surface area contributed by atoms with E-state index in [2.05, 4.69) is 21.3 Å². The number of nitrogens with one attached hydrogen (secondary N) is 4. The van der Waals surface area contributed by atoms with Crippen molar-refractivity contribution in [3.05, 3.63) is 71.8 Å². The number of alkyl carbamates (subject to hydrolysis) is 2. The topological polar surface area (TPSA) is 135 Å². The van der Waals surface area contributed by atoms with E-state index < -0.39 is 24.3 Å². The van der Waals surface area contributed by atoms with Crippen LogP contribution in [0.2, 0.25) is 0 Å². The highest BCUT2D eigenvalue weighted by molar-refractivity contribution is 5.86. The Morgan fingerprint density at radius 3 is 1.20 bits per heavy atom. The number of benzene rings is 2. The van der Waals surface area contributed by atoms with Crippen LogP contribution in [0.3, 0.4) is 0 Å². The number of hydrogen-bond acceptors (Lipinski definition) is 6. The van der Waals surface area contributed by atoms with Crippen LogP contribution in [0.5, 0.6) is 0 Å². The van der Waals surface area contributed by atoms with Gasteiger partial charge in [0.2, 0.25) is 11.8 Å². The van der Waals surface area contributed by atoms with Gasteiger partial charge in [-0.2, -0.15) is 0 Å². The maximum Gasteiger partial charge on any atom is 0.408 e. The third-order valence-corrected chi connectivity index (χ3v) is 7.32. The predicted octanol–water partition coefficient (Wildman–Crippen LogP) is 5.85. The summed E-state index contributed by atoms with van der Waals surface area (Å²) in [5, 5.41) is 11.2. The Labute approximate surface area is 268 Å². The number of carbonyl (C=O) groups is 4. The van der Waals surface area contributed by atoms with Gasteiger partial charge in [0, 0.05) is 13.1 Å². The van der Waals surface area contributed by atoms with Crippen LogP contribution in [-0.4, -0.2) is 49.2 Å². The third kappa shape index (κ3) is 16.0. The van der Waals surface area contributed by atoms with E-state index in [1.54, 1.807) is 0 Å². The lowest BCUT2D eigenvalue weighted by Crippen LogP contribution is -2.50. The second-order valence-corrected chi connectivity index (χ2v) is 11.9. The highest BCUT2D eigenvalue weighted by atomic mass is 16.6. The van der Waals surface area contributed by atoms with Crippen LogP contribution in [0.25, 0.3) is 0 Å². The molecule has 2 aromatic rings. The molecule has 0 aliphatic carbocycles. The van der Waals surface area contributed by atoms with Gasteiger partial charge in [-0.3, -0.25) is 9.59 Å². The molecule has 0 spiro atoms. The summed E-state index contributed by atoms with van der Waals surface area (Å²) in [6.07, 6.45) is 5.70. The quantitative estimate of drug-likeness (QED) is 0.137. The first-order chi connectivity index (χ1) is 21.7. The first-order valence-corrected chi connectivity index (χ1v) is 16.2. The summed E-state index contributed by atoms with van der Waals surface area (Å²) in [4.78, 5) is 49.7. The van der Waals surface area contributed by atoms with E-state index in [1.165, 1.54) is 0 Å². The average Bonchev–Trinajstić information content (AvgIpc) is 3.03. The van der Waals surface area contributed by atoms with Gasteiger partial charge in [0.1, 0.15) is 25.3 Å². The van der Waals surface area contributed by atoms with E-state index in [0.29, 0.717) is 13.1 Å². The van der Waals surface area contributed by atoms with Gasteiger partial charge in [0.05, 0.1) is 0 Å². The summed E-state index contributed by atoms with van der Waals surface area (Å²) >= 11 is 0. The summed E-state index contributed by atoms with van der Waals surface area (Å²) in [6.45, 7) is 8.95.